The normalized spacial score (nSPS) is 18.3. The molecule has 9 heteroatoms. The molecule has 1 aliphatic rings. The van der Waals surface area contributed by atoms with E-state index >= 15 is 0 Å². The van der Waals surface area contributed by atoms with Gasteiger partial charge >= 0.3 is 6.18 Å². The number of benzene rings is 2. The van der Waals surface area contributed by atoms with Crippen LogP contribution in [0.15, 0.2) is 36.4 Å². The summed E-state index contributed by atoms with van der Waals surface area (Å²) >= 11 is 0. The molecule has 0 radical (unpaired) electrons. The summed E-state index contributed by atoms with van der Waals surface area (Å²) < 4.78 is 54.6. The highest BCUT2D eigenvalue weighted by molar-refractivity contribution is 5.85. The van der Waals surface area contributed by atoms with Crippen LogP contribution in [0.1, 0.15) is 36.0 Å². The topological polar surface area (TPSA) is 68.2 Å². The van der Waals surface area contributed by atoms with Gasteiger partial charge < -0.3 is 24.2 Å². The number of aliphatic hydroxyl groups excluding tert-OH is 1. The standard InChI is InChI=1S/C25H30F3NO5/c1-32-20-14-18(15-21(33-2)22(20)34-3)16-29-12-10-24(11-13-30,23(29)31)9-8-17-4-6-19(7-5-17)25(26,27)28/h4-7,14-15,30H,8-13,16H2,1-3H3. The zero-order chi connectivity index (χ0) is 24.9. The minimum Gasteiger partial charge on any atom is -0.493 e. The fraction of sp³-hybridized carbons (Fsp3) is 0.480. The van der Waals surface area contributed by atoms with Crippen molar-refractivity contribution >= 4 is 5.91 Å². The van der Waals surface area contributed by atoms with Gasteiger partial charge in [-0.1, -0.05) is 12.1 Å². The van der Waals surface area contributed by atoms with Crippen molar-refractivity contribution in [2.24, 2.45) is 5.41 Å². The van der Waals surface area contributed by atoms with Gasteiger partial charge in [0.25, 0.3) is 0 Å². The van der Waals surface area contributed by atoms with Crippen LogP contribution in [0, 0.1) is 5.41 Å². The van der Waals surface area contributed by atoms with Crippen molar-refractivity contribution in [1.29, 1.82) is 0 Å². The van der Waals surface area contributed by atoms with Gasteiger partial charge in [-0.05, 0) is 61.1 Å². The number of ether oxygens (including phenoxy) is 3. The Morgan fingerprint density at radius 1 is 0.971 bits per heavy atom. The van der Waals surface area contributed by atoms with Gasteiger partial charge in [0, 0.05) is 19.7 Å². The molecule has 34 heavy (non-hydrogen) atoms. The molecule has 6 nitrogen and oxygen atoms in total. The summed E-state index contributed by atoms with van der Waals surface area (Å²) in [5.74, 6) is 1.38. The number of hydrogen-bond donors (Lipinski definition) is 1. The first-order valence-corrected chi connectivity index (χ1v) is 11.0. The first-order valence-electron chi connectivity index (χ1n) is 11.0. The van der Waals surface area contributed by atoms with Gasteiger partial charge in [0.2, 0.25) is 11.7 Å². The molecule has 1 heterocycles. The quantitative estimate of drug-likeness (QED) is 0.543. The number of nitrogens with zero attached hydrogens (tertiary/aromatic N) is 1. The molecule has 1 fully saturated rings. The van der Waals surface area contributed by atoms with Crippen LogP contribution in [-0.4, -0.2) is 50.4 Å². The molecule has 0 spiro atoms. The van der Waals surface area contributed by atoms with Crippen LogP contribution >= 0.6 is 0 Å². The number of aryl methyl sites for hydroxylation is 1. The number of rotatable bonds is 10. The maximum absolute atomic E-state index is 13.4. The zero-order valence-corrected chi connectivity index (χ0v) is 19.6. The van der Waals surface area contributed by atoms with E-state index < -0.39 is 17.2 Å². The molecule has 0 aromatic heterocycles. The number of carbonyl (C=O) groups is 1. The summed E-state index contributed by atoms with van der Waals surface area (Å²) in [6.07, 6.45) is -2.62. The second-order valence-electron chi connectivity index (χ2n) is 8.46. The first-order chi connectivity index (χ1) is 16.2. The van der Waals surface area contributed by atoms with E-state index in [1.807, 2.05) is 0 Å². The number of aliphatic hydroxyl groups is 1. The van der Waals surface area contributed by atoms with Crippen molar-refractivity contribution in [3.63, 3.8) is 0 Å². The lowest BCUT2D eigenvalue weighted by molar-refractivity contribution is -0.138. The Kier molecular flexibility index (Phi) is 7.97. The molecule has 1 atom stereocenters. The molecular weight excluding hydrogens is 451 g/mol. The van der Waals surface area contributed by atoms with E-state index in [2.05, 4.69) is 0 Å². The predicted octanol–water partition coefficient (Wildman–Crippen LogP) is 4.47. The van der Waals surface area contributed by atoms with Crippen molar-refractivity contribution < 1.29 is 37.3 Å². The smallest absolute Gasteiger partial charge is 0.416 e. The van der Waals surface area contributed by atoms with Crippen LogP contribution in [0.2, 0.25) is 0 Å². The second kappa shape index (κ2) is 10.5. The Morgan fingerprint density at radius 3 is 2.09 bits per heavy atom. The van der Waals surface area contributed by atoms with E-state index in [1.54, 1.807) is 17.0 Å². The Balaban J connectivity index is 1.75. The third kappa shape index (κ3) is 5.41. The molecule has 1 amide bonds. The molecule has 2 aromatic rings. The SMILES string of the molecule is COc1cc(CN2CCC(CCO)(CCc3ccc(C(F)(F)F)cc3)C2=O)cc(OC)c1OC. The Morgan fingerprint density at radius 2 is 1.59 bits per heavy atom. The molecule has 1 unspecified atom stereocenters. The molecular formula is C25H30F3NO5. The Hall–Kier alpha value is -2.94. The summed E-state index contributed by atoms with van der Waals surface area (Å²) in [6, 6.07) is 8.60. The van der Waals surface area contributed by atoms with Crippen LogP contribution in [0.4, 0.5) is 13.2 Å². The molecule has 0 bridgehead atoms. The zero-order valence-electron chi connectivity index (χ0n) is 19.6. The van der Waals surface area contributed by atoms with Gasteiger partial charge in [-0.25, -0.2) is 0 Å². The maximum Gasteiger partial charge on any atom is 0.416 e. The molecule has 2 aromatic carbocycles. The van der Waals surface area contributed by atoms with Crippen molar-refractivity contribution in [1.82, 2.24) is 4.90 Å². The number of halogens is 3. The molecule has 1 saturated heterocycles. The summed E-state index contributed by atoms with van der Waals surface area (Å²) in [5, 5.41) is 9.66. The molecule has 186 valence electrons. The maximum atomic E-state index is 13.4. The number of carbonyl (C=O) groups excluding carboxylic acids is 1. The summed E-state index contributed by atoms with van der Waals surface area (Å²) in [6.45, 7) is 0.711. The highest BCUT2D eigenvalue weighted by Gasteiger charge is 2.45. The van der Waals surface area contributed by atoms with E-state index in [-0.39, 0.29) is 12.5 Å². The van der Waals surface area contributed by atoms with Gasteiger partial charge in [-0.15, -0.1) is 0 Å². The van der Waals surface area contributed by atoms with Crippen LogP contribution in [0.3, 0.4) is 0 Å². The first kappa shape index (κ1) is 25.7. The number of hydrogen-bond acceptors (Lipinski definition) is 5. The minimum absolute atomic E-state index is 0.0674. The fourth-order valence-corrected chi connectivity index (χ4v) is 4.54. The minimum atomic E-state index is -4.38. The summed E-state index contributed by atoms with van der Waals surface area (Å²) in [5.41, 5.74) is 0.0827. The van der Waals surface area contributed by atoms with E-state index in [4.69, 9.17) is 14.2 Å². The van der Waals surface area contributed by atoms with Crippen LogP contribution in [0.25, 0.3) is 0 Å². The lowest BCUT2D eigenvalue weighted by Gasteiger charge is -2.27. The summed E-state index contributed by atoms with van der Waals surface area (Å²) in [4.78, 5) is 15.2. The van der Waals surface area contributed by atoms with E-state index in [0.29, 0.717) is 56.0 Å². The average Bonchev–Trinajstić information content (AvgIpc) is 3.12. The highest BCUT2D eigenvalue weighted by Crippen LogP contribution is 2.42. The van der Waals surface area contributed by atoms with Crippen molar-refractivity contribution in [2.75, 3.05) is 34.5 Å². The largest absolute Gasteiger partial charge is 0.493 e. The van der Waals surface area contributed by atoms with Crippen LogP contribution < -0.4 is 14.2 Å². The molecule has 1 N–H and O–H groups in total. The van der Waals surface area contributed by atoms with Crippen molar-refractivity contribution in [2.45, 2.75) is 38.4 Å². The number of amides is 1. The average molecular weight is 482 g/mol. The van der Waals surface area contributed by atoms with Gasteiger partial charge in [0.05, 0.1) is 32.3 Å². The molecule has 0 aliphatic carbocycles. The van der Waals surface area contributed by atoms with Gasteiger partial charge in [-0.2, -0.15) is 13.2 Å². The van der Waals surface area contributed by atoms with Crippen molar-refractivity contribution in [3.8, 4) is 17.2 Å². The number of methoxy groups -OCH3 is 3. The highest BCUT2D eigenvalue weighted by atomic mass is 19.4. The van der Waals surface area contributed by atoms with Gasteiger partial charge in [0.15, 0.2) is 11.5 Å². The van der Waals surface area contributed by atoms with Crippen LogP contribution in [-0.2, 0) is 23.9 Å². The van der Waals surface area contributed by atoms with E-state index in [1.165, 1.54) is 33.5 Å². The Bertz CT molecular complexity index is 968. The third-order valence-corrected chi connectivity index (χ3v) is 6.46. The van der Waals surface area contributed by atoms with E-state index in [0.717, 1.165) is 23.3 Å². The number of likely N-dealkylation sites (tertiary alicyclic amines) is 1. The predicted molar refractivity (Wildman–Crippen MR) is 120 cm³/mol. The van der Waals surface area contributed by atoms with Gasteiger partial charge in [-0.3, -0.25) is 4.79 Å². The molecule has 0 saturated carbocycles. The molecule has 3 rings (SSSR count). The summed E-state index contributed by atoms with van der Waals surface area (Å²) in [7, 11) is 4.56. The second-order valence-corrected chi connectivity index (χ2v) is 8.46. The fourth-order valence-electron chi connectivity index (χ4n) is 4.54. The Labute approximate surface area is 197 Å². The van der Waals surface area contributed by atoms with Crippen molar-refractivity contribution in [3.05, 3.63) is 53.1 Å². The molecule has 1 aliphatic heterocycles. The monoisotopic (exact) mass is 481 g/mol. The van der Waals surface area contributed by atoms with Crippen LogP contribution in [0.5, 0.6) is 17.2 Å². The van der Waals surface area contributed by atoms with Gasteiger partial charge in [0.1, 0.15) is 0 Å². The van der Waals surface area contributed by atoms with E-state index in [9.17, 15) is 23.1 Å². The number of alkyl halides is 3. The third-order valence-electron chi connectivity index (χ3n) is 6.46. The lowest BCUT2D eigenvalue weighted by Crippen LogP contribution is -2.35. The lowest BCUT2D eigenvalue weighted by atomic mass is 9.78.